The van der Waals surface area contributed by atoms with Crippen LogP contribution in [0.3, 0.4) is 0 Å². The molecular weight excluding hydrogens is 391 g/mol. The number of sulfonamides is 1. The Morgan fingerprint density at radius 2 is 1.89 bits per heavy atom. The molecule has 0 saturated carbocycles. The lowest BCUT2D eigenvalue weighted by molar-refractivity contribution is -0.141. The Bertz CT molecular complexity index is 915. The highest BCUT2D eigenvalue weighted by Gasteiger charge is 2.41. The molecule has 0 aliphatic carbocycles. The maximum absolute atomic E-state index is 12.8. The number of aromatic nitrogens is 3. The molecule has 27 heavy (non-hydrogen) atoms. The topological polar surface area (TPSA) is 119 Å². The number of aromatic amines is 1. The number of anilines is 1. The summed E-state index contributed by atoms with van der Waals surface area (Å²) in [5, 5.41) is 15.7. The fourth-order valence-corrected chi connectivity index (χ4v) is 4.31. The molecule has 1 fully saturated rings. The van der Waals surface area contributed by atoms with Crippen LogP contribution in [0, 0.1) is 0 Å². The number of H-pyrrole nitrogens is 1. The molecule has 1 aliphatic rings. The Labute approximate surface area is 151 Å². The van der Waals surface area contributed by atoms with Crippen LogP contribution >= 0.6 is 0 Å². The molecule has 1 atom stereocenters. The van der Waals surface area contributed by atoms with Crippen LogP contribution in [0.15, 0.2) is 35.5 Å². The molecule has 0 amide bonds. The molecule has 146 valence electrons. The smallest absolute Gasteiger partial charge is 0.416 e. The van der Waals surface area contributed by atoms with Crippen molar-refractivity contribution in [2.75, 3.05) is 24.5 Å². The first-order valence-corrected chi connectivity index (χ1v) is 9.07. The van der Waals surface area contributed by atoms with E-state index in [4.69, 9.17) is 0 Å². The van der Waals surface area contributed by atoms with E-state index in [0.717, 1.165) is 16.4 Å². The van der Waals surface area contributed by atoms with Crippen LogP contribution in [0.25, 0.3) is 0 Å². The highest BCUT2D eigenvalue weighted by molar-refractivity contribution is 7.89. The molecule has 2 N–H and O–H groups in total. The van der Waals surface area contributed by atoms with Gasteiger partial charge in [-0.25, -0.2) is 13.5 Å². The summed E-state index contributed by atoms with van der Waals surface area (Å²) in [7, 11) is -4.30. The third kappa shape index (κ3) is 3.73. The lowest BCUT2D eigenvalue weighted by Crippen LogP contribution is -2.58. The number of hydrogen-bond acceptors (Lipinski definition) is 6. The van der Waals surface area contributed by atoms with Gasteiger partial charge < -0.3 is 10.0 Å². The van der Waals surface area contributed by atoms with Crippen LogP contribution in [-0.4, -0.2) is 64.7 Å². The van der Waals surface area contributed by atoms with Crippen molar-refractivity contribution < 1.29 is 31.5 Å². The zero-order chi connectivity index (χ0) is 19.8. The van der Waals surface area contributed by atoms with E-state index in [1.165, 1.54) is 11.2 Å². The van der Waals surface area contributed by atoms with Crippen molar-refractivity contribution in [2.45, 2.75) is 17.1 Å². The highest BCUT2D eigenvalue weighted by Crippen LogP contribution is 2.31. The predicted octanol–water partition coefficient (Wildman–Crippen LogP) is 0.788. The average molecular weight is 405 g/mol. The minimum atomic E-state index is -4.60. The number of piperazine rings is 1. The van der Waals surface area contributed by atoms with Gasteiger partial charge in [0.05, 0.1) is 10.5 Å². The van der Waals surface area contributed by atoms with Crippen molar-refractivity contribution in [3.8, 4) is 0 Å². The van der Waals surface area contributed by atoms with Crippen LogP contribution in [-0.2, 0) is 21.0 Å². The van der Waals surface area contributed by atoms with E-state index < -0.39 is 38.7 Å². The lowest BCUT2D eigenvalue weighted by Gasteiger charge is -2.38. The van der Waals surface area contributed by atoms with Crippen LogP contribution in [0.2, 0.25) is 0 Å². The Morgan fingerprint density at radius 3 is 2.41 bits per heavy atom. The summed E-state index contributed by atoms with van der Waals surface area (Å²) >= 11 is 0. The van der Waals surface area contributed by atoms with Crippen molar-refractivity contribution in [3.05, 3.63) is 36.2 Å². The molecule has 13 heteroatoms. The van der Waals surface area contributed by atoms with Crippen molar-refractivity contribution in [1.82, 2.24) is 19.5 Å². The molecule has 9 nitrogen and oxygen atoms in total. The monoisotopic (exact) mass is 405 g/mol. The average Bonchev–Trinajstić information content (AvgIpc) is 3.15. The van der Waals surface area contributed by atoms with E-state index in [9.17, 15) is 31.5 Å². The van der Waals surface area contributed by atoms with Gasteiger partial charge in [0, 0.05) is 19.6 Å². The number of aliphatic carboxylic acids is 1. The van der Waals surface area contributed by atoms with Crippen LogP contribution in [0.5, 0.6) is 0 Å². The van der Waals surface area contributed by atoms with Gasteiger partial charge in [0.15, 0.2) is 0 Å². The summed E-state index contributed by atoms with van der Waals surface area (Å²) in [6.07, 6.45) is -3.37. The zero-order valence-corrected chi connectivity index (χ0v) is 14.4. The van der Waals surface area contributed by atoms with Crippen LogP contribution in [0.4, 0.5) is 19.1 Å². The number of nitrogens with zero attached hydrogens (tertiary/aromatic N) is 4. The molecular formula is C14H14F3N5O4S. The first-order chi connectivity index (χ1) is 12.6. The second-order valence-corrected chi connectivity index (χ2v) is 7.64. The Kier molecular flexibility index (Phi) is 4.82. The maximum Gasteiger partial charge on any atom is 0.416 e. The first kappa shape index (κ1) is 19.1. The third-order valence-corrected chi connectivity index (χ3v) is 6.03. The van der Waals surface area contributed by atoms with Gasteiger partial charge >= 0.3 is 12.1 Å². The van der Waals surface area contributed by atoms with Crippen molar-refractivity contribution in [1.29, 1.82) is 0 Å². The van der Waals surface area contributed by atoms with Crippen molar-refractivity contribution in [2.24, 2.45) is 0 Å². The molecule has 1 saturated heterocycles. The molecule has 3 rings (SSSR count). The van der Waals surface area contributed by atoms with E-state index in [1.54, 1.807) is 0 Å². The lowest BCUT2D eigenvalue weighted by atomic mass is 10.2. The zero-order valence-electron chi connectivity index (χ0n) is 13.6. The van der Waals surface area contributed by atoms with Gasteiger partial charge in [-0.05, 0) is 24.3 Å². The number of carboxylic acids is 1. The summed E-state index contributed by atoms with van der Waals surface area (Å²) in [4.78, 5) is 16.6. The van der Waals surface area contributed by atoms with E-state index >= 15 is 0 Å². The summed E-state index contributed by atoms with van der Waals surface area (Å²) < 4.78 is 64.3. The minimum Gasteiger partial charge on any atom is -0.480 e. The normalized spacial score (nSPS) is 19.2. The molecule has 1 aliphatic heterocycles. The van der Waals surface area contributed by atoms with Gasteiger partial charge in [-0.2, -0.15) is 27.6 Å². The molecule has 1 aromatic carbocycles. The van der Waals surface area contributed by atoms with E-state index in [-0.39, 0.29) is 19.6 Å². The van der Waals surface area contributed by atoms with E-state index in [1.807, 2.05) is 0 Å². The molecule has 0 spiro atoms. The number of carboxylic acid groups (broad SMARTS) is 1. The Hall–Kier alpha value is -2.67. The van der Waals surface area contributed by atoms with E-state index in [2.05, 4.69) is 15.2 Å². The second-order valence-electron chi connectivity index (χ2n) is 5.75. The number of benzene rings is 1. The molecule has 0 unspecified atom stereocenters. The predicted molar refractivity (Wildman–Crippen MR) is 85.4 cm³/mol. The highest BCUT2D eigenvalue weighted by atomic mass is 32.2. The van der Waals surface area contributed by atoms with Crippen molar-refractivity contribution >= 4 is 21.9 Å². The fraction of sp³-hybridized carbons (Fsp3) is 0.357. The third-order valence-electron chi connectivity index (χ3n) is 4.11. The molecule has 1 aromatic heterocycles. The van der Waals surface area contributed by atoms with Gasteiger partial charge in [0.1, 0.15) is 12.4 Å². The number of alkyl halides is 3. The molecule has 0 bridgehead atoms. The number of rotatable bonds is 4. The summed E-state index contributed by atoms with van der Waals surface area (Å²) in [5.41, 5.74) is -0.994. The first-order valence-electron chi connectivity index (χ1n) is 7.63. The van der Waals surface area contributed by atoms with Gasteiger partial charge in [0.25, 0.3) is 0 Å². The number of hydrogen-bond donors (Lipinski definition) is 2. The van der Waals surface area contributed by atoms with E-state index in [0.29, 0.717) is 18.1 Å². The SMILES string of the molecule is O=C(O)[C@H]1CN(c2ncn[nH]2)CCN1S(=O)(=O)c1ccc(C(F)(F)F)cc1. The van der Waals surface area contributed by atoms with Gasteiger partial charge in [-0.1, -0.05) is 0 Å². The molecule has 0 radical (unpaired) electrons. The second kappa shape index (κ2) is 6.81. The number of halogens is 3. The van der Waals surface area contributed by atoms with Gasteiger partial charge in [-0.15, -0.1) is 0 Å². The van der Waals surface area contributed by atoms with Gasteiger partial charge in [0.2, 0.25) is 16.0 Å². The van der Waals surface area contributed by atoms with Crippen LogP contribution in [0.1, 0.15) is 5.56 Å². The van der Waals surface area contributed by atoms with Crippen LogP contribution < -0.4 is 4.90 Å². The molecule has 2 heterocycles. The summed E-state index contributed by atoms with van der Waals surface area (Å²) in [5.74, 6) is -1.08. The maximum atomic E-state index is 12.8. The fourth-order valence-electron chi connectivity index (χ4n) is 2.75. The molecule has 2 aromatic rings. The Morgan fingerprint density at radius 1 is 1.22 bits per heavy atom. The minimum absolute atomic E-state index is 0.138. The summed E-state index contributed by atoms with van der Waals surface area (Å²) in [6.45, 7) is -0.232. The quantitative estimate of drug-likeness (QED) is 0.772. The number of nitrogens with one attached hydrogen (secondary N) is 1. The largest absolute Gasteiger partial charge is 0.480 e. The number of carbonyl (C=O) groups is 1. The van der Waals surface area contributed by atoms with Gasteiger partial charge in [-0.3, -0.25) is 4.79 Å². The van der Waals surface area contributed by atoms with Crippen molar-refractivity contribution in [3.63, 3.8) is 0 Å². The standard InChI is InChI=1S/C14H14F3N5O4S/c15-14(16,17)9-1-3-10(4-2-9)27(25,26)22-6-5-21(7-11(22)12(23)24)13-18-8-19-20-13/h1-4,8,11H,5-7H2,(H,23,24)(H,18,19,20)/t11-/m1/s1. The summed E-state index contributed by atoms with van der Waals surface area (Å²) in [6, 6.07) is 1.50. The Balaban J connectivity index is 1.88.